The SMILES string of the molecule is N/C=C(Cl)\C=C(/COc1ccc(F)cc1)NOCc1ccc(C(=O)O)cc1. The van der Waals surface area contributed by atoms with Crippen LogP contribution in [0.15, 0.2) is 71.5 Å². The average Bonchev–Trinajstić information content (AvgIpc) is 2.67. The summed E-state index contributed by atoms with van der Waals surface area (Å²) in [6, 6.07) is 11.8. The summed E-state index contributed by atoms with van der Waals surface area (Å²) >= 11 is 5.91. The fourth-order valence-corrected chi connectivity index (χ4v) is 2.09. The molecule has 2 aromatic rings. The minimum atomic E-state index is -0.994. The van der Waals surface area contributed by atoms with E-state index in [2.05, 4.69) is 5.48 Å². The van der Waals surface area contributed by atoms with Crippen LogP contribution in [-0.4, -0.2) is 17.7 Å². The number of hydroxylamine groups is 1. The molecule has 0 heterocycles. The van der Waals surface area contributed by atoms with Crippen LogP contribution in [0.1, 0.15) is 15.9 Å². The fourth-order valence-electron chi connectivity index (χ4n) is 1.96. The number of carbonyl (C=O) groups is 1. The molecule has 0 aliphatic carbocycles. The summed E-state index contributed by atoms with van der Waals surface area (Å²) in [6.45, 7) is 0.255. The van der Waals surface area contributed by atoms with Crippen LogP contribution in [0.25, 0.3) is 0 Å². The topological polar surface area (TPSA) is 93.8 Å². The number of aromatic carboxylic acids is 1. The van der Waals surface area contributed by atoms with Crippen molar-refractivity contribution >= 4 is 17.6 Å². The van der Waals surface area contributed by atoms with E-state index >= 15 is 0 Å². The molecular weight excluding hydrogens is 375 g/mol. The van der Waals surface area contributed by atoms with Crippen molar-refractivity contribution in [2.24, 2.45) is 5.73 Å². The predicted octanol–water partition coefficient (Wildman–Crippen LogP) is 3.55. The van der Waals surface area contributed by atoms with E-state index < -0.39 is 5.97 Å². The van der Waals surface area contributed by atoms with Gasteiger partial charge in [-0.3, -0.25) is 10.3 Å². The molecule has 0 unspecified atom stereocenters. The third-order valence-electron chi connectivity index (χ3n) is 3.32. The van der Waals surface area contributed by atoms with Gasteiger partial charge in [-0.15, -0.1) is 0 Å². The highest BCUT2D eigenvalue weighted by atomic mass is 35.5. The van der Waals surface area contributed by atoms with E-state index in [0.717, 1.165) is 5.56 Å². The number of carboxylic acid groups (broad SMARTS) is 1. The molecule has 0 bridgehead atoms. The molecule has 0 spiro atoms. The first-order chi connectivity index (χ1) is 13.0. The number of ether oxygens (including phenoxy) is 1. The van der Waals surface area contributed by atoms with E-state index in [9.17, 15) is 9.18 Å². The first kappa shape index (κ1) is 20.3. The Morgan fingerprint density at radius 2 is 1.85 bits per heavy atom. The summed E-state index contributed by atoms with van der Waals surface area (Å²) in [5.41, 5.74) is 9.53. The zero-order chi connectivity index (χ0) is 19.6. The molecule has 0 saturated carbocycles. The minimum Gasteiger partial charge on any atom is -0.487 e. The van der Waals surface area contributed by atoms with Gasteiger partial charge < -0.3 is 15.6 Å². The Morgan fingerprint density at radius 1 is 1.19 bits per heavy atom. The van der Waals surface area contributed by atoms with Gasteiger partial charge in [0, 0.05) is 6.20 Å². The molecule has 0 saturated heterocycles. The van der Waals surface area contributed by atoms with Crippen molar-refractivity contribution in [2.45, 2.75) is 6.61 Å². The van der Waals surface area contributed by atoms with Gasteiger partial charge in [0.1, 0.15) is 18.2 Å². The van der Waals surface area contributed by atoms with Crippen molar-refractivity contribution in [2.75, 3.05) is 6.61 Å². The third kappa shape index (κ3) is 7.01. The van der Waals surface area contributed by atoms with E-state index in [0.29, 0.717) is 11.4 Å². The molecule has 4 N–H and O–H groups in total. The molecule has 8 heteroatoms. The number of hydrogen-bond donors (Lipinski definition) is 3. The number of halogens is 2. The van der Waals surface area contributed by atoms with Crippen LogP contribution in [-0.2, 0) is 11.4 Å². The van der Waals surface area contributed by atoms with Gasteiger partial charge >= 0.3 is 5.97 Å². The van der Waals surface area contributed by atoms with Crippen molar-refractivity contribution in [3.63, 3.8) is 0 Å². The molecule has 0 aliphatic rings. The Bertz CT molecular complexity index is 821. The van der Waals surface area contributed by atoms with Gasteiger partial charge in [-0.2, -0.15) is 0 Å². The van der Waals surface area contributed by atoms with Gasteiger partial charge in [0.2, 0.25) is 0 Å². The quantitative estimate of drug-likeness (QED) is 0.446. The maximum atomic E-state index is 12.9. The Balaban J connectivity index is 1.92. The van der Waals surface area contributed by atoms with Crippen molar-refractivity contribution in [3.8, 4) is 5.75 Å². The van der Waals surface area contributed by atoms with Gasteiger partial charge in [0.15, 0.2) is 0 Å². The minimum absolute atomic E-state index is 0.0770. The fraction of sp³-hybridized carbons (Fsp3) is 0.105. The van der Waals surface area contributed by atoms with Crippen molar-refractivity contribution < 1.29 is 23.9 Å². The second kappa shape index (κ2) is 10.2. The van der Waals surface area contributed by atoms with Gasteiger partial charge in [-0.25, -0.2) is 9.18 Å². The third-order valence-corrected chi connectivity index (χ3v) is 3.56. The van der Waals surface area contributed by atoms with E-state index in [4.69, 9.17) is 32.0 Å². The lowest BCUT2D eigenvalue weighted by Crippen LogP contribution is -2.19. The number of rotatable bonds is 9. The predicted molar refractivity (Wildman–Crippen MR) is 99.4 cm³/mol. The summed E-state index contributed by atoms with van der Waals surface area (Å²) in [7, 11) is 0. The first-order valence-corrected chi connectivity index (χ1v) is 8.22. The Kier molecular flexibility index (Phi) is 7.66. The van der Waals surface area contributed by atoms with Crippen LogP contribution in [0.2, 0.25) is 0 Å². The maximum absolute atomic E-state index is 12.9. The zero-order valence-corrected chi connectivity index (χ0v) is 14.9. The summed E-state index contributed by atoms with van der Waals surface area (Å²) in [5.74, 6) is -0.879. The van der Waals surface area contributed by atoms with Crippen LogP contribution in [0.5, 0.6) is 5.75 Å². The van der Waals surface area contributed by atoms with Crippen LogP contribution < -0.4 is 16.0 Å². The Hall–Kier alpha value is -3.03. The first-order valence-electron chi connectivity index (χ1n) is 7.84. The number of hydrogen-bond acceptors (Lipinski definition) is 5. The van der Waals surface area contributed by atoms with Gasteiger partial charge in [0.05, 0.1) is 22.9 Å². The average molecular weight is 393 g/mol. The standard InChI is InChI=1S/C19H18ClFN2O4/c20-15(10-22)9-17(12-26-18-7-5-16(21)6-8-18)23-27-11-13-1-3-14(4-2-13)19(24)25/h1-10,23H,11-12,22H2,(H,24,25)/b15-10+,17-9+. The monoisotopic (exact) mass is 392 g/mol. The van der Waals surface area contributed by atoms with E-state index in [1.54, 1.807) is 12.1 Å². The largest absolute Gasteiger partial charge is 0.487 e. The van der Waals surface area contributed by atoms with Gasteiger partial charge in [-0.1, -0.05) is 23.7 Å². The molecule has 27 heavy (non-hydrogen) atoms. The van der Waals surface area contributed by atoms with Crippen LogP contribution in [0.4, 0.5) is 4.39 Å². The van der Waals surface area contributed by atoms with Crippen molar-refractivity contribution in [1.29, 1.82) is 0 Å². The second-order valence-corrected chi connectivity index (χ2v) is 5.79. The molecule has 0 aliphatic heterocycles. The summed E-state index contributed by atoms with van der Waals surface area (Å²) in [4.78, 5) is 16.2. The molecular formula is C19H18ClFN2O4. The highest BCUT2D eigenvalue weighted by Gasteiger charge is 2.04. The Morgan fingerprint density at radius 3 is 2.44 bits per heavy atom. The van der Waals surface area contributed by atoms with Crippen molar-refractivity contribution in [1.82, 2.24) is 5.48 Å². The summed E-state index contributed by atoms with van der Waals surface area (Å²) < 4.78 is 18.5. The number of nitrogens with two attached hydrogens (primary N) is 1. The van der Waals surface area contributed by atoms with Gasteiger partial charge in [0.25, 0.3) is 0 Å². The molecule has 0 atom stereocenters. The van der Waals surface area contributed by atoms with E-state index in [-0.39, 0.29) is 29.6 Å². The van der Waals surface area contributed by atoms with E-state index in [1.165, 1.54) is 48.7 Å². The normalized spacial score (nSPS) is 11.9. The summed E-state index contributed by atoms with van der Waals surface area (Å²) in [5, 5.41) is 9.16. The van der Waals surface area contributed by atoms with E-state index in [1.807, 2.05) is 0 Å². The lowest BCUT2D eigenvalue weighted by atomic mass is 10.1. The van der Waals surface area contributed by atoms with Crippen LogP contribution in [0.3, 0.4) is 0 Å². The molecule has 0 aromatic heterocycles. The molecule has 142 valence electrons. The molecule has 0 fully saturated rings. The number of benzene rings is 2. The highest BCUT2D eigenvalue weighted by molar-refractivity contribution is 6.31. The zero-order valence-electron chi connectivity index (χ0n) is 14.2. The number of carboxylic acids is 1. The van der Waals surface area contributed by atoms with Gasteiger partial charge in [-0.05, 0) is 48.0 Å². The molecule has 6 nitrogen and oxygen atoms in total. The number of allylic oxidation sites excluding steroid dienone is 2. The lowest BCUT2D eigenvalue weighted by molar-refractivity contribution is 0.0429. The molecule has 0 amide bonds. The van der Waals surface area contributed by atoms with Crippen molar-refractivity contribution in [3.05, 3.63) is 88.5 Å². The second-order valence-electron chi connectivity index (χ2n) is 5.36. The highest BCUT2D eigenvalue weighted by Crippen LogP contribution is 2.13. The summed E-state index contributed by atoms with van der Waals surface area (Å²) in [6.07, 6.45) is 2.74. The number of nitrogens with one attached hydrogen (secondary N) is 1. The molecule has 0 radical (unpaired) electrons. The lowest BCUT2D eigenvalue weighted by Gasteiger charge is -2.13. The van der Waals surface area contributed by atoms with Crippen LogP contribution in [0, 0.1) is 5.82 Å². The molecule has 2 rings (SSSR count). The maximum Gasteiger partial charge on any atom is 0.335 e. The molecule has 2 aromatic carbocycles. The Labute approximate surface area is 160 Å². The smallest absolute Gasteiger partial charge is 0.335 e. The van der Waals surface area contributed by atoms with Crippen LogP contribution >= 0.6 is 11.6 Å².